The van der Waals surface area contributed by atoms with Crippen LogP contribution < -0.4 is 10.2 Å². The van der Waals surface area contributed by atoms with Crippen LogP contribution in [-0.2, 0) is 0 Å². The molecule has 2 saturated heterocycles. The van der Waals surface area contributed by atoms with Crippen LogP contribution in [0.25, 0.3) is 0 Å². The van der Waals surface area contributed by atoms with Gasteiger partial charge in [0.2, 0.25) is 0 Å². The standard InChI is InChI=1S/C23H28N4O5/c1-16-6-10-25(11-7-16)20-5-4-18(27(30)31)15-19(20)22(28)24-17-8-12-26(13-9-17)23(29)21-3-2-14-32-21/h2-5,14-17H,6-13H2,1H3,(H,24,28). The second kappa shape index (κ2) is 9.42. The highest BCUT2D eigenvalue weighted by Crippen LogP contribution is 2.29. The Morgan fingerprint density at radius 1 is 1.09 bits per heavy atom. The van der Waals surface area contributed by atoms with Gasteiger partial charge < -0.3 is 19.5 Å². The summed E-state index contributed by atoms with van der Waals surface area (Å²) in [4.78, 5) is 40.3. The van der Waals surface area contributed by atoms with Crippen LogP contribution in [-0.4, -0.2) is 53.9 Å². The maximum Gasteiger partial charge on any atom is 0.289 e. The van der Waals surface area contributed by atoms with Crippen molar-refractivity contribution in [3.05, 3.63) is 58.0 Å². The number of likely N-dealkylation sites (tertiary alicyclic amines) is 1. The molecule has 0 radical (unpaired) electrons. The molecule has 32 heavy (non-hydrogen) atoms. The first-order valence-electron chi connectivity index (χ1n) is 11.1. The van der Waals surface area contributed by atoms with Crippen molar-refractivity contribution < 1.29 is 18.9 Å². The van der Waals surface area contributed by atoms with Gasteiger partial charge in [-0.3, -0.25) is 19.7 Å². The summed E-state index contributed by atoms with van der Waals surface area (Å²) in [5.74, 6) is 0.485. The number of benzene rings is 1. The molecule has 1 aromatic heterocycles. The number of nitro benzene ring substituents is 1. The van der Waals surface area contributed by atoms with Crippen LogP contribution in [0.4, 0.5) is 11.4 Å². The fourth-order valence-corrected chi connectivity index (χ4v) is 4.39. The predicted octanol–water partition coefficient (Wildman–Crippen LogP) is 3.46. The van der Waals surface area contributed by atoms with Gasteiger partial charge in [-0.2, -0.15) is 0 Å². The van der Waals surface area contributed by atoms with Gasteiger partial charge in [-0.1, -0.05) is 6.92 Å². The summed E-state index contributed by atoms with van der Waals surface area (Å²) in [6.07, 6.45) is 4.76. The highest BCUT2D eigenvalue weighted by atomic mass is 16.6. The third kappa shape index (κ3) is 4.76. The van der Waals surface area contributed by atoms with Crippen molar-refractivity contribution in [2.45, 2.75) is 38.6 Å². The van der Waals surface area contributed by atoms with Crippen molar-refractivity contribution in [1.82, 2.24) is 10.2 Å². The quantitative estimate of drug-likeness (QED) is 0.563. The summed E-state index contributed by atoms with van der Waals surface area (Å²) in [5.41, 5.74) is 0.983. The predicted molar refractivity (Wildman–Crippen MR) is 119 cm³/mol. The van der Waals surface area contributed by atoms with E-state index >= 15 is 0 Å². The topological polar surface area (TPSA) is 109 Å². The number of carbonyl (C=O) groups excluding carboxylic acids is 2. The first-order valence-corrected chi connectivity index (χ1v) is 11.1. The third-order valence-electron chi connectivity index (χ3n) is 6.41. The van der Waals surface area contributed by atoms with E-state index in [0.29, 0.717) is 43.2 Å². The van der Waals surface area contributed by atoms with E-state index in [0.717, 1.165) is 31.6 Å². The number of nitro groups is 1. The summed E-state index contributed by atoms with van der Waals surface area (Å²) >= 11 is 0. The molecule has 1 aromatic carbocycles. The highest BCUT2D eigenvalue weighted by molar-refractivity contribution is 6.00. The average Bonchev–Trinajstić information content (AvgIpc) is 3.34. The molecule has 4 rings (SSSR count). The van der Waals surface area contributed by atoms with E-state index in [1.54, 1.807) is 23.1 Å². The van der Waals surface area contributed by atoms with Crippen molar-refractivity contribution in [3.8, 4) is 0 Å². The number of carbonyl (C=O) groups is 2. The summed E-state index contributed by atoms with van der Waals surface area (Å²) in [6.45, 7) is 4.88. The fraction of sp³-hybridized carbons (Fsp3) is 0.478. The van der Waals surface area contributed by atoms with Crippen LogP contribution in [0.3, 0.4) is 0 Å². The molecule has 3 heterocycles. The molecular weight excluding hydrogens is 412 g/mol. The molecule has 0 spiro atoms. The zero-order valence-electron chi connectivity index (χ0n) is 18.2. The van der Waals surface area contributed by atoms with Crippen molar-refractivity contribution in [3.63, 3.8) is 0 Å². The maximum absolute atomic E-state index is 13.2. The molecular formula is C23H28N4O5. The van der Waals surface area contributed by atoms with Gasteiger partial charge in [0.05, 0.1) is 22.4 Å². The van der Waals surface area contributed by atoms with E-state index in [1.807, 2.05) is 0 Å². The number of furan rings is 1. The highest BCUT2D eigenvalue weighted by Gasteiger charge is 2.28. The minimum atomic E-state index is -0.475. The van der Waals surface area contributed by atoms with Gasteiger partial charge in [-0.05, 0) is 49.8 Å². The summed E-state index contributed by atoms with van der Waals surface area (Å²) in [7, 11) is 0. The van der Waals surface area contributed by atoms with E-state index in [-0.39, 0.29) is 23.5 Å². The van der Waals surface area contributed by atoms with Crippen molar-refractivity contribution in [1.29, 1.82) is 0 Å². The van der Waals surface area contributed by atoms with Crippen LogP contribution in [0.1, 0.15) is 53.5 Å². The minimum Gasteiger partial charge on any atom is -0.459 e. The number of non-ortho nitro benzene ring substituents is 1. The Labute approximate surface area is 186 Å². The second-order valence-electron chi connectivity index (χ2n) is 8.65. The molecule has 0 unspecified atom stereocenters. The Morgan fingerprint density at radius 2 is 1.81 bits per heavy atom. The van der Waals surface area contributed by atoms with Crippen LogP contribution in [0.2, 0.25) is 0 Å². The van der Waals surface area contributed by atoms with Crippen molar-refractivity contribution in [2.24, 2.45) is 5.92 Å². The van der Waals surface area contributed by atoms with Gasteiger partial charge >= 0.3 is 0 Å². The van der Waals surface area contributed by atoms with Crippen molar-refractivity contribution >= 4 is 23.2 Å². The van der Waals surface area contributed by atoms with Crippen LogP contribution >= 0.6 is 0 Å². The van der Waals surface area contributed by atoms with Gasteiger partial charge in [0.1, 0.15) is 0 Å². The normalized spacial score (nSPS) is 17.9. The third-order valence-corrected chi connectivity index (χ3v) is 6.41. The number of piperidine rings is 2. The lowest BCUT2D eigenvalue weighted by Gasteiger charge is -2.34. The molecule has 2 fully saturated rings. The second-order valence-corrected chi connectivity index (χ2v) is 8.65. The Morgan fingerprint density at radius 3 is 2.44 bits per heavy atom. The number of anilines is 1. The summed E-state index contributed by atoms with van der Waals surface area (Å²) < 4.78 is 5.19. The molecule has 2 aliphatic heterocycles. The molecule has 1 N–H and O–H groups in total. The molecule has 9 nitrogen and oxygen atoms in total. The minimum absolute atomic E-state index is 0.0943. The zero-order chi connectivity index (χ0) is 22.7. The van der Waals surface area contributed by atoms with Gasteiger partial charge in [0, 0.05) is 44.4 Å². The Balaban J connectivity index is 1.44. The summed E-state index contributed by atoms with van der Waals surface area (Å²) in [6, 6.07) is 7.74. The molecule has 0 aliphatic carbocycles. The number of amides is 2. The number of nitrogens with zero attached hydrogens (tertiary/aromatic N) is 3. The number of rotatable bonds is 5. The SMILES string of the molecule is CC1CCN(c2ccc([N+](=O)[O-])cc2C(=O)NC2CCN(C(=O)c3ccco3)CC2)CC1. The smallest absolute Gasteiger partial charge is 0.289 e. The average molecular weight is 441 g/mol. The van der Waals surface area contributed by atoms with Crippen LogP contribution in [0, 0.1) is 16.0 Å². The van der Waals surface area contributed by atoms with E-state index in [4.69, 9.17) is 4.42 Å². The molecule has 2 amide bonds. The number of hydrogen-bond donors (Lipinski definition) is 1. The zero-order valence-corrected chi connectivity index (χ0v) is 18.2. The van der Waals surface area contributed by atoms with E-state index in [1.165, 1.54) is 18.4 Å². The Bertz CT molecular complexity index is 974. The number of hydrogen-bond acceptors (Lipinski definition) is 6. The molecule has 0 saturated carbocycles. The van der Waals surface area contributed by atoms with Crippen molar-refractivity contribution in [2.75, 3.05) is 31.1 Å². The Kier molecular flexibility index (Phi) is 6.43. The monoisotopic (exact) mass is 440 g/mol. The molecule has 2 aliphatic rings. The van der Waals surface area contributed by atoms with E-state index in [9.17, 15) is 19.7 Å². The lowest BCUT2D eigenvalue weighted by molar-refractivity contribution is -0.384. The van der Waals surface area contributed by atoms with Gasteiger partial charge in [0.25, 0.3) is 17.5 Å². The molecule has 9 heteroatoms. The molecule has 170 valence electrons. The summed E-state index contributed by atoms with van der Waals surface area (Å²) in [5, 5.41) is 14.3. The molecule has 2 aromatic rings. The largest absolute Gasteiger partial charge is 0.459 e. The van der Waals surface area contributed by atoms with E-state index < -0.39 is 4.92 Å². The lowest BCUT2D eigenvalue weighted by atomic mass is 9.97. The first-order chi connectivity index (χ1) is 15.4. The molecule has 0 atom stereocenters. The molecule has 0 bridgehead atoms. The lowest BCUT2D eigenvalue weighted by Crippen LogP contribution is -2.46. The van der Waals surface area contributed by atoms with E-state index in [2.05, 4.69) is 17.1 Å². The van der Waals surface area contributed by atoms with Gasteiger partial charge in [-0.15, -0.1) is 0 Å². The van der Waals surface area contributed by atoms with Gasteiger partial charge in [-0.25, -0.2) is 0 Å². The first kappa shape index (κ1) is 21.9. The van der Waals surface area contributed by atoms with Gasteiger partial charge in [0.15, 0.2) is 5.76 Å². The fourth-order valence-electron chi connectivity index (χ4n) is 4.39. The number of nitrogens with one attached hydrogen (secondary N) is 1. The maximum atomic E-state index is 13.2. The van der Waals surface area contributed by atoms with Crippen LogP contribution in [0.5, 0.6) is 0 Å². The van der Waals surface area contributed by atoms with Crippen LogP contribution in [0.15, 0.2) is 41.0 Å². The Hall–Kier alpha value is -3.36.